The van der Waals surface area contributed by atoms with E-state index < -0.39 is 16.5 Å². The predicted molar refractivity (Wildman–Crippen MR) is 55.3 cm³/mol. The van der Waals surface area contributed by atoms with Gasteiger partial charge in [-0.2, -0.15) is 0 Å². The van der Waals surface area contributed by atoms with Gasteiger partial charge in [0.05, 0.1) is 9.37 Å². The van der Waals surface area contributed by atoms with Crippen LogP contribution >= 0.6 is 31.9 Å². The smallest absolute Gasteiger partial charge is 0.168 e. The minimum absolute atomic E-state index is 0.139. The Morgan fingerprint density at radius 2 is 2.00 bits per heavy atom. The zero-order valence-corrected chi connectivity index (χ0v) is 10.3. The molecule has 1 aromatic rings. The van der Waals surface area contributed by atoms with Crippen LogP contribution in [0, 0.1) is 5.82 Å². The summed E-state index contributed by atoms with van der Waals surface area (Å²) in [5.74, 6) is -0.463. The van der Waals surface area contributed by atoms with Crippen molar-refractivity contribution in [3.05, 3.63) is 28.0 Å². The molecular weight excluding hydrogens is 327 g/mol. The molecule has 6 heteroatoms. The van der Waals surface area contributed by atoms with Crippen LogP contribution in [0.1, 0.15) is 5.56 Å². The number of hydrogen-bond donors (Lipinski definition) is 1. The molecule has 0 unspecified atom stereocenters. The molecule has 1 rings (SSSR count). The highest BCUT2D eigenvalue weighted by molar-refractivity contribution is 9.10. The molecule has 0 saturated heterocycles. The third kappa shape index (κ3) is 2.51. The molecular formula is C7H5Br2FO2S. The zero-order chi connectivity index (χ0) is 10.0. The second-order valence-electron chi connectivity index (χ2n) is 2.29. The first kappa shape index (κ1) is 11.1. The Labute approximate surface area is 93.4 Å². The molecule has 0 atom stereocenters. The van der Waals surface area contributed by atoms with Crippen LogP contribution in [0.2, 0.25) is 0 Å². The van der Waals surface area contributed by atoms with E-state index in [4.69, 9.17) is 0 Å². The van der Waals surface area contributed by atoms with Crippen LogP contribution in [0.15, 0.2) is 21.5 Å². The van der Waals surface area contributed by atoms with Gasteiger partial charge in [-0.25, -0.2) is 12.8 Å². The molecule has 0 amide bonds. The Kier molecular flexibility index (Phi) is 3.87. The summed E-state index contributed by atoms with van der Waals surface area (Å²) in [5.41, 5.74) is 0.428. The Morgan fingerprint density at radius 3 is 2.46 bits per heavy atom. The third-order valence-electron chi connectivity index (χ3n) is 1.46. The number of alkyl halides is 1. The van der Waals surface area contributed by atoms with Gasteiger partial charge in [-0.3, -0.25) is 0 Å². The van der Waals surface area contributed by atoms with Crippen molar-refractivity contribution < 1.29 is 12.8 Å². The first-order valence-corrected chi connectivity index (χ1v) is 6.33. The fourth-order valence-electron chi connectivity index (χ4n) is 0.855. The molecule has 2 nitrogen and oxygen atoms in total. The zero-order valence-electron chi connectivity index (χ0n) is 6.26. The van der Waals surface area contributed by atoms with Gasteiger partial charge in [-0.05, 0) is 33.6 Å². The van der Waals surface area contributed by atoms with E-state index in [-0.39, 0.29) is 9.37 Å². The molecule has 0 aliphatic heterocycles. The molecule has 0 bridgehead atoms. The molecule has 0 heterocycles. The maximum atomic E-state index is 12.9. The van der Waals surface area contributed by atoms with Crippen molar-refractivity contribution in [3.63, 3.8) is 0 Å². The summed E-state index contributed by atoms with van der Waals surface area (Å²) < 4.78 is 34.5. The molecule has 0 N–H and O–H groups in total. The Balaban J connectivity index is 3.41. The van der Waals surface area contributed by atoms with Crippen molar-refractivity contribution in [2.24, 2.45) is 0 Å². The first-order chi connectivity index (χ1) is 6.06. The van der Waals surface area contributed by atoms with Crippen LogP contribution < -0.4 is 0 Å². The van der Waals surface area contributed by atoms with E-state index in [1.807, 2.05) is 0 Å². The highest BCUT2D eigenvalue weighted by Gasteiger charge is 2.08. The van der Waals surface area contributed by atoms with E-state index >= 15 is 0 Å². The first-order valence-electron chi connectivity index (χ1n) is 3.24. The summed E-state index contributed by atoms with van der Waals surface area (Å²) in [7, 11) is -2.68. The number of benzene rings is 1. The fourth-order valence-corrected chi connectivity index (χ4v) is 2.67. The van der Waals surface area contributed by atoms with E-state index in [0.717, 1.165) is 0 Å². The highest BCUT2D eigenvalue weighted by atomic mass is 79.9. The Hall–Kier alpha value is 0.0600. The lowest BCUT2D eigenvalue weighted by molar-refractivity contribution is 0.608. The minimum atomic E-state index is -2.68. The normalized spacial score (nSPS) is 10.8. The van der Waals surface area contributed by atoms with Crippen molar-refractivity contribution in [3.8, 4) is 0 Å². The molecule has 0 fully saturated rings. The van der Waals surface area contributed by atoms with Crippen LogP contribution in [0.4, 0.5) is 4.39 Å². The SMILES string of the molecule is O=[SH](=O)c1cc(Br)c(F)cc1CBr. The van der Waals surface area contributed by atoms with Crippen molar-refractivity contribution in [2.45, 2.75) is 10.2 Å². The van der Waals surface area contributed by atoms with Crippen LogP contribution in [0.25, 0.3) is 0 Å². The van der Waals surface area contributed by atoms with Gasteiger partial charge in [0, 0.05) is 5.33 Å². The number of halogens is 3. The van der Waals surface area contributed by atoms with Gasteiger partial charge in [-0.15, -0.1) is 0 Å². The van der Waals surface area contributed by atoms with Crippen LogP contribution in [0.3, 0.4) is 0 Å². The number of hydrogen-bond acceptors (Lipinski definition) is 2. The van der Waals surface area contributed by atoms with Gasteiger partial charge in [0.25, 0.3) is 0 Å². The summed E-state index contributed by atoms with van der Waals surface area (Å²) in [6, 6.07) is 2.46. The molecule has 0 aliphatic rings. The molecule has 0 aromatic heterocycles. The van der Waals surface area contributed by atoms with E-state index in [1.165, 1.54) is 12.1 Å². The Morgan fingerprint density at radius 1 is 1.38 bits per heavy atom. The van der Waals surface area contributed by atoms with E-state index in [9.17, 15) is 12.8 Å². The summed E-state index contributed by atoms with van der Waals surface area (Å²) >= 11 is 6.01. The summed E-state index contributed by atoms with van der Waals surface area (Å²) in [4.78, 5) is 0.139. The Bertz CT molecular complexity index is 396. The van der Waals surface area contributed by atoms with E-state index in [1.54, 1.807) is 0 Å². The van der Waals surface area contributed by atoms with E-state index in [2.05, 4.69) is 31.9 Å². The molecule has 0 aliphatic carbocycles. The molecule has 0 radical (unpaired) electrons. The summed E-state index contributed by atoms with van der Waals surface area (Å²) in [6.45, 7) is 0. The van der Waals surface area contributed by atoms with Gasteiger partial charge in [0.2, 0.25) is 0 Å². The largest absolute Gasteiger partial charge is 0.227 e. The van der Waals surface area contributed by atoms with Gasteiger partial charge in [0.15, 0.2) is 10.7 Å². The highest BCUT2D eigenvalue weighted by Crippen LogP contribution is 2.23. The van der Waals surface area contributed by atoms with Crippen LogP contribution in [-0.2, 0) is 16.0 Å². The average Bonchev–Trinajstić information content (AvgIpc) is 2.08. The van der Waals surface area contributed by atoms with Gasteiger partial charge < -0.3 is 0 Å². The average molecular weight is 332 g/mol. The number of thiol groups is 1. The molecule has 72 valence electrons. The minimum Gasteiger partial charge on any atom is -0.227 e. The second-order valence-corrected chi connectivity index (χ2v) is 4.70. The lowest BCUT2D eigenvalue weighted by atomic mass is 10.2. The molecule has 13 heavy (non-hydrogen) atoms. The van der Waals surface area contributed by atoms with Crippen molar-refractivity contribution in [1.82, 2.24) is 0 Å². The third-order valence-corrected chi connectivity index (χ3v) is 3.48. The fraction of sp³-hybridized carbons (Fsp3) is 0.143. The molecule has 0 spiro atoms. The summed E-state index contributed by atoms with van der Waals surface area (Å²) in [6.07, 6.45) is 0. The lowest BCUT2D eigenvalue weighted by Gasteiger charge is -2.02. The quantitative estimate of drug-likeness (QED) is 0.667. The van der Waals surface area contributed by atoms with Crippen LogP contribution in [-0.4, -0.2) is 8.42 Å². The van der Waals surface area contributed by atoms with E-state index in [0.29, 0.717) is 10.9 Å². The molecule has 0 saturated carbocycles. The predicted octanol–water partition coefficient (Wildman–Crippen LogP) is 2.45. The molecule has 1 aromatic carbocycles. The van der Waals surface area contributed by atoms with Gasteiger partial charge >= 0.3 is 0 Å². The van der Waals surface area contributed by atoms with Gasteiger partial charge in [0.1, 0.15) is 5.82 Å². The maximum absolute atomic E-state index is 12.9. The number of rotatable bonds is 2. The monoisotopic (exact) mass is 330 g/mol. The van der Waals surface area contributed by atoms with Crippen molar-refractivity contribution in [1.29, 1.82) is 0 Å². The maximum Gasteiger partial charge on any atom is 0.168 e. The standard InChI is InChI=1S/C7H5Br2FO2S/c8-3-4-1-6(10)5(9)2-7(4)13(11)12/h1-2,13H,3H2. The topological polar surface area (TPSA) is 34.1 Å². The summed E-state index contributed by atoms with van der Waals surface area (Å²) in [5, 5.41) is 0.315. The second kappa shape index (κ2) is 4.52. The van der Waals surface area contributed by atoms with Crippen molar-refractivity contribution >= 4 is 42.6 Å². The van der Waals surface area contributed by atoms with Gasteiger partial charge in [-0.1, -0.05) is 15.9 Å². The lowest BCUT2D eigenvalue weighted by Crippen LogP contribution is -1.91. The van der Waals surface area contributed by atoms with Crippen LogP contribution in [0.5, 0.6) is 0 Å². The van der Waals surface area contributed by atoms with Crippen molar-refractivity contribution in [2.75, 3.05) is 0 Å².